The number of nitrogens with zero attached hydrogens (tertiary/aromatic N) is 3. The first-order valence-corrected chi connectivity index (χ1v) is 8.29. The van der Waals surface area contributed by atoms with E-state index in [2.05, 4.69) is 31.2 Å². The van der Waals surface area contributed by atoms with Gasteiger partial charge in [-0.3, -0.25) is 4.79 Å². The summed E-state index contributed by atoms with van der Waals surface area (Å²) in [5.41, 5.74) is 2.96. The molecule has 0 bridgehead atoms. The third-order valence-corrected chi connectivity index (χ3v) is 4.31. The van der Waals surface area contributed by atoms with Crippen LogP contribution in [0.1, 0.15) is 5.82 Å². The fourth-order valence-electron chi connectivity index (χ4n) is 3.10. The number of aromatic amines is 1. The van der Waals surface area contributed by atoms with Crippen LogP contribution in [-0.2, 0) is 16.1 Å². The quantitative estimate of drug-likeness (QED) is 0.693. The molecule has 4 rings (SSSR count). The van der Waals surface area contributed by atoms with Crippen LogP contribution in [-0.4, -0.2) is 47.7 Å². The second-order valence-electron chi connectivity index (χ2n) is 5.87. The Morgan fingerprint density at radius 1 is 1.24 bits per heavy atom. The third kappa shape index (κ3) is 3.18. The average Bonchev–Trinajstić information content (AvgIpc) is 3.15. The number of ether oxygens (including phenoxy) is 1. The van der Waals surface area contributed by atoms with Crippen molar-refractivity contribution in [3.63, 3.8) is 0 Å². The lowest BCUT2D eigenvalue weighted by Crippen LogP contribution is -2.37. The van der Waals surface area contributed by atoms with E-state index in [0.29, 0.717) is 32.0 Å². The Labute approximate surface area is 145 Å². The van der Waals surface area contributed by atoms with Crippen molar-refractivity contribution < 1.29 is 9.53 Å². The Kier molecular flexibility index (Phi) is 4.30. The lowest BCUT2D eigenvalue weighted by atomic mass is 10.1. The van der Waals surface area contributed by atoms with Crippen LogP contribution in [0.4, 0.5) is 5.82 Å². The fourth-order valence-corrected chi connectivity index (χ4v) is 3.10. The van der Waals surface area contributed by atoms with Gasteiger partial charge in [0, 0.05) is 41.8 Å². The topological polar surface area (TPSA) is 83.1 Å². The van der Waals surface area contributed by atoms with Crippen LogP contribution in [0, 0.1) is 0 Å². The molecule has 1 aliphatic rings. The lowest BCUT2D eigenvalue weighted by molar-refractivity contribution is -0.109. The number of H-pyrrole nitrogens is 1. The summed E-state index contributed by atoms with van der Waals surface area (Å²) in [4.78, 5) is 25.4. The molecule has 1 amide bonds. The summed E-state index contributed by atoms with van der Waals surface area (Å²) < 4.78 is 5.43. The van der Waals surface area contributed by atoms with Crippen molar-refractivity contribution in [1.29, 1.82) is 0 Å². The molecule has 0 spiro atoms. The van der Waals surface area contributed by atoms with Gasteiger partial charge in [0.15, 0.2) is 5.82 Å². The highest BCUT2D eigenvalue weighted by Crippen LogP contribution is 2.29. The highest BCUT2D eigenvalue weighted by atomic mass is 16.5. The summed E-state index contributed by atoms with van der Waals surface area (Å²) >= 11 is 0. The van der Waals surface area contributed by atoms with Gasteiger partial charge in [-0.15, -0.1) is 0 Å². The van der Waals surface area contributed by atoms with Crippen molar-refractivity contribution in [1.82, 2.24) is 20.3 Å². The van der Waals surface area contributed by atoms with Crippen LogP contribution in [0.5, 0.6) is 0 Å². The molecule has 2 N–H and O–H groups in total. The van der Waals surface area contributed by atoms with Crippen LogP contribution >= 0.6 is 0 Å². The second-order valence-corrected chi connectivity index (χ2v) is 5.87. The molecule has 1 aliphatic heterocycles. The van der Waals surface area contributed by atoms with Gasteiger partial charge in [0.05, 0.1) is 25.5 Å². The van der Waals surface area contributed by atoms with E-state index in [1.807, 2.05) is 30.5 Å². The van der Waals surface area contributed by atoms with Gasteiger partial charge in [0.25, 0.3) is 0 Å². The predicted octanol–water partition coefficient (Wildman–Crippen LogP) is 1.71. The number of hydrogen-bond acceptors (Lipinski definition) is 5. The number of nitrogens with one attached hydrogen (secondary N) is 2. The molecule has 0 unspecified atom stereocenters. The Morgan fingerprint density at radius 3 is 2.96 bits per heavy atom. The lowest BCUT2D eigenvalue weighted by Gasteiger charge is -2.28. The standard InChI is InChI=1S/C18H19N5O2/c24-12-19-11-17-21-16(10-18(22-17)23-6-8-25-9-7-23)13-2-1-3-15-14(13)4-5-20-15/h1-5,10,12,20H,6-9,11H2,(H,19,24). The predicted molar refractivity (Wildman–Crippen MR) is 95.3 cm³/mol. The van der Waals surface area contributed by atoms with Crippen LogP contribution < -0.4 is 10.2 Å². The molecule has 7 nitrogen and oxygen atoms in total. The number of anilines is 1. The minimum absolute atomic E-state index is 0.303. The highest BCUT2D eigenvalue weighted by molar-refractivity contribution is 5.94. The first-order chi connectivity index (χ1) is 12.3. The summed E-state index contributed by atoms with van der Waals surface area (Å²) in [6.45, 7) is 3.28. The zero-order valence-electron chi connectivity index (χ0n) is 13.7. The number of amides is 1. The molecule has 3 heterocycles. The minimum atomic E-state index is 0.303. The van der Waals surface area contributed by atoms with Gasteiger partial charge >= 0.3 is 0 Å². The van der Waals surface area contributed by atoms with E-state index >= 15 is 0 Å². The summed E-state index contributed by atoms with van der Waals surface area (Å²) in [7, 11) is 0. The third-order valence-electron chi connectivity index (χ3n) is 4.31. The van der Waals surface area contributed by atoms with Crippen molar-refractivity contribution >= 4 is 23.1 Å². The summed E-state index contributed by atoms with van der Waals surface area (Å²) in [5.74, 6) is 1.46. The van der Waals surface area contributed by atoms with Crippen LogP contribution in [0.25, 0.3) is 22.2 Å². The van der Waals surface area contributed by atoms with Gasteiger partial charge in [-0.05, 0) is 12.1 Å². The van der Waals surface area contributed by atoms with E-state index in [4.69, 9.17) is 4.74 Å². The van der Waals surface area contributed by atoms with Gasteiger partial charge < -0.3 is 19.9 Å². The molecule has 1 aromatic carbocycles. The number of aromatic nitrogens is 3. The maximum atomic E-state index is 10.7. The van der Waals surface area contributed by atoms with Gasteiger partial charge in [0.2, 0.25) is 6.41 Å². The molecule has 0 radical (unpaired) electrons. The normalized spacial score (nSPS) is 14.6. The van der Waals surface area contributed by atoms with Crippen molar-refractivity contribution in [2.24, 2.45) is 0 Å². The van der Waals surface area contributed by atoms with E-state index in [1.54, 1.807) is 0 Å². The molecule has 128 valence electrons. The maximum absolute atomic E-state index is 10.7. The minimum Gasteiger partial charge on any atom is -0.378 e. The van der Waals surface area contributed by atoms with Crippen LogP contribution in [0.15, 0.2) is 36.5 Å². The van der Waals surface area contributed by atoms with Crippen LogP contribution in [0.2, 0.25) is 0 Å². The summed E-state index contributed by atoms with van der Waals surface area (Å²) in [6.07, 6.45) is 2.59. The van der Waals surface area contributed by atoms with Crippen molar-refractivity contribution in [3.05, 3.63) is 42.4 Å². The number of rotatable bonds is 5. The van der Waals surface area contributed by atoms with Crippen molar-refractivity contribution in [2.45, 2.75) is 6.54 Å². The van der Waals surface area contributed by atoms with E-state index in [9.17, 15) is 4.79 Å². The second kappa shape index (κ2) is 6.90. The van der Waals surface area contributed by atoms with Gasteiger partial charge in [-0.25, -0.2) is 9.97 Å². The number of carbonyl (C=O) groups excluding carboxylic acids is 1. The van der Waals surface area contributed by atoms with E-state index < -0.39 is 0 Å². The monoisotopic (exact) mass is 337 g/mol. The molecule has 7 heteroatoms. The van der Waals surface area contributed by atoms with Gasteiger partial charge in [-0.1, -0.05) is 12.1 Å². The largest absolute Gasteiger partial charge is 0.378 e. The molecule has 3 aromatic rings. The molecular weight excluding hydrogens is 318 g/mol. The summed E-state index contributed by atoms with van der Waals surface area (Å²) in [6, 6.07) is 10.2. The molecule has 0 aliphatic carbocycles. The Bertz CT molecular complexity index is 886. The smallest absolute Gasteiger partial charge is 0.207 e. The molecule has 0 saturated carbocycles. The molecule has 25 heavy (non-hydrogen) atoms. The van der Waals surface area contributed by atoms with E-state index in [1.165, 1.54) is 0 Å². The van der Waals surface area contributed by atoms with Gasteiger partial charge in [-0.2, -0.15) is 0 Å². The number of carbonyl (C=O) groups is 1. The average molecular weight is 337 g/mol. The number of fused-ring (bicyclic) bond motifs is 1. The van der Waals surface area contributed by atoms with E-state index in [-0.39, 0.29) is 0 Å². The zero-order chi connectivity index (χ0) is 17.1. The SMILES string of the molecule is O=CNCc1nc(-c2cccc3[nH]ccc23)cc(N2CCOCC2)n1. The van der Waals surface area contributed by atoms with Crippen molar-refractivity contribution in [3.8, 4) is 11.3 Å². The molecular formula is C18H19N5O2. The first kappa shape index (κ1) is 15.6. The Morgan fingerprint density at radius 2 is 2.12 bits per heavy atom. The number of hydrogen-bond donors (Lipinski definition) is 2. The highest BCUT2D eigenvalue weighted by Gasteiger charge is 2.16. The molecule has 1 saturated heterocycles. The Hall–Kier alpha value is -2.93. The van der Waals surface area contributed by atoms with Gasteiger partial charge in [0.1, 0.15) is 5.82 Å². The van der Waals surface area contributed by atoms with Crippen LogP contribution in [0.3, 0.4) is 0 Å². The van der Waals surface area contributed by atoms with E-state index in [0.717, 1.165) is 41.1 Å². The fraction of sp³-hybridized carbons (Fsp3) is 0.278. The maximum Gasteiger partial charge on any atom is 0.207 e. The number of benzene rings is 1. The molecule has 1 fully saturated rings. The molecule has 0 atom stereocenters. The number of morpholine rings is 1. The van der Waals surface area contributed by atoms with Crippen molar-refractivity contribution in [2.75, 3.05) is 31.2 Å². The Balaban J connectivity index is 1.80. The summed E-state index contributed by atoms with van der Waals surface area (Å²) in [5, 5.41) is 3.76. The zero-order valence-corrected chi connectivity index (χ0v) is 13.7. The first-order valence-electron chi connectivity index (χ1n) is 8.29. The molecule has 2 aromatic heterocycles.